The van der Waals surface area contributed by atoms with Crippen molar-refractivity contribution in [2.45, 2.75) is 136 Å². The molecule has 2 aromatic rings. The van der Waals surface area contributed by atoms with Crippen molar-refractivity contribution in [2.75, 3.05) is 19.8 Å². The third-order valence-corrected chi connectivity index (χ3v) is 9.26. The summed E-state index contributed by atoms with van der Waals surface area (Å²) in [5, 5.41) is 12.8. The number of carbonyl (C=O) groups excluding carboxylic acids is 5. The van der Waals surface area contributed by atoms with E-state index in [-0.39, 0.29) is 26.1 Å². The molecule has 1 amide bonds. The molecule has 0 aliphatic rings. The first kappa shape index (κ1) is 48.4. The van der Waals surface area contributed by atoms with Crippen LogP contribution in [0.3, 0.4) is 0 Å². The number of rotatable bonds is 28. The molecule has 0 saturated carbocycles. The zero-order valence-corrected chi connectivity index (χ0v) is 34.8. The number of carbonyl (C=O) groups is 5. The predicted molar refractivity (Wildman–Crippen MR) is 223 cm³/mol. The van der Waals surface area contributed by atoms with Crippen molar-refractivity contribution in [2.24, 2.45) is 11.8 Å². The van der Waals surface area contributed by atoms with Crippen molar-refractivity contribution < 1.29 is 43.3 Å². The normalized spacial score (nSPS) is 12.8. The summed E-state index contributed by atoms with van der Waals surface area (Å²) < 4.78 is 16.8. The molecule has 0 unspecified atom stereocenters. The van der Waals surface area contributed by atoms with E-state index in [2.05, 4.69) is 24.1 Å². The van der Waals surface area contributed by atoms with E-state index in [0.717, 1.165) is 38.5 Å². The van der Waals surface area contributed by atoms with Gasteiger partial charge in [0.25, 0.3) is 0 Å². The molecule has 57 heavy (non-hydrogen) atoms. The topological polar surface area (TPSA) is 145 Å². The number of Topliss-reactive ketones (excluding diaryl/α,β-unsaturated/α-hetero) is 2. The van der Waals surface area contributed by atoms with E-state index in [1.165, 1.54) is 19.3 Å². The van der Waals surface area contributed by atoms with Gasteiger partial charge in [-0.3, -0.25) is 19.2 Å². The summed E-state index contributed by atoms with van der Waals surface area (Å²) in [6.07, 6.45) is 14.5. The maximum atomic E-state index is 14.2. The van der Waals surface area contributed by atoms with E-state index in [1.807, 2.05) is 6.08 Å². The zero-order chi connectivity index (χ0) is 41.9. The monoisotopic (exact) mass is 787 g/mol. The maximum absolute atomic E-state index is 14.2. The molecule has 0 saturated heterocycles. The van der Waals surface area contributed by atoms with Crippen LogP contribution in [-0.2, 0) is 35.1 Å². The molecular formula is C47H65NO9. The molecule has 2 N–H and O–H groups in total. The molecule has 0 spiro atoms. The fraction of sp³-hybridized carbons (Fsp3) is 0.553. The van der Waals surface area contributed by atoms with Gasteiger partial charge in [-0.25, -0.2) is 4.79 Å². The fourth-order valence-electron chi connectivity index (χ4n) is 6.15. The summed E-state index contributed by atoms with van der Waals surface area (Å²) in [6.45, 7) is 8.40. The van der Waals surface area contributed by atoms with E-state index in [1.54, 1.807) is 88.4 Å². The van der Waals surface area contributed by atoms with Crippen LogP contribution in [0, 0.1) is 23.7 Å². The van der Waals surface area contributed by atoms with E-state index < -0.39 is 53.7 Å². The quantitative estimate of drug-likeness (QED) is 0.0286. The molecular weight excluding hydrogens is 723 g/mol. The van der Waals surface area contributed by atoms with Gasteiger partial charge < -0.3 is 24.6 Å². The minimum Gasteiger partial charge on any atom is -0.481 e. The molecule has 2 aromatic carbocycles. The lowest BCUT2D eigenvalue weighted by atomic mass is 9.87. The van der Waals surface area contributed by atoms with Crippen LogP contribution in [-0.4, -0.2) is 66.0 Å². The largest absolute Gasteiger partial charge is 0.481 e. The number of hydrogen-bond acceptors (Lipinski definition) is 9. The second kappa shape index (κ2) is 27.8. The summed E-state index contributed by atoms with van der Waals surface area (Å²) in [5.74, 6) is 1.88. The highest BCUT2D eigenvalue weighted by Crippen LogP contribution is 2.24. The lowest BCUT2D eigenvalue weighted by Crippen LogP contribution is -2.48. The van der Waals surface area contributed by atoms with Crippen molar-refractivity contribution >= 4 is 29.4 Å². The van der Waals surface area contributed by atoms with Crippen molar-refractivity contribution in [3.63, 3.8) is 0 Å². The number of allylic oxidation sites excluding steroid dienone is 1. The van der Waals surface area contributed by atoms with E-state index >= 15 is 0 Å². The Morgan fingerprint density at radius 2 is 1.49 bits per heavy atom. The van der Waals surface area contributed by atoms with E-state index in [0.29, 0.717) is 41.9 Å². The number of esters is 2. The summed E-state index contributed by atoms with van der Waals surface area (Å²) in [6, 6.07) is 14.2. The third kappa shape index (κ3) is 20.8. The number of hydrogen-bond donors (Lipinski definition) is 2. The van der Waals surface area contributed by atoms with Gasteiger partial charge >= 0.3 is 11.9 Å². The Morgan fingerprint density at radius 3 is 2.11 bits per heavy atom. The molecule has 0 fully saturated rings. The third-order valence-electron chi connectivity index (χ3n) is 9.26. The summed E-state index contributed by atoms with van der Waals surface area (Å²) in [4.78, 5) is 66.4. The molecule has 10 nitrogen and oxygen atoms in total. The Balaban J connectivity index is 2.22. The van der Waals surface area contributed by atoms with Crippen LogP contribution < -0.4 is 10.1 Å². The number of benzene rings is 2. The lowest BCUT2D eigenvalue weighted by molar-refractivity contribution is -0.163. The van der Waals surface area contributed by atoms with Crippen LogP contribution in [0.25, 0.3) is 0 Å². The Labute approximate surface area is 340 Å². The molecule has 0 radical (unpaired) electrons. The van der Waals surface area contributed by atoms with Gasteiger partial charge in [-0.1, -0.05) is 106 Å². The van der Waals surface area contributed by atoms with Gasteiger partial charge in [0.2, 0.25) is 5.91 Å². The second-order valence-corrected chi connectivity index (χ2v) is 15.3. The summed E-state index contributed by atoms with van der Waals surface area (Å²) >= 11 is 0. The summed E-state index contributed by atoms with van der Waals surface area (Å²) in [5.41, 5.74) is 0.216. The molecule has 0 bridgehead atoms. The van der Waals surface area contributed by atoms with Gasteiger partial charge in [-0.2, -0.15) is 0 Å². The van der Waals surface area contributed by atoms with Gasteiger partial charge in [-0.05, 0) is 77.5 Å². The number of ether oxygens (including phenoxy) is 3. The first-order valence-corrected chi connectivity index (χ1v) is 20.6. The van der Waals surface area contributed by atoms with Gasteiger partial charge in [0, 0.05) is 31.4 Å². The highest BCUT2D eigenvalue weighted by atomic mass is 16.6. The van der Waals surface area contributed by atoms with Gasteiger partial charge in [0.1, 0.15) is 29.8 Å². The minimum atomic E-state index is -1.22. The SMILES string of the molecule is CC#CCOc1ccc(C[C@H](NC(=O)[C@@H](/C=C/CCCCCCC(=O)CCCCCCC)[C@@H](CCO)C(=O)OC(C)(C)C)C(=O)OCC(=O)c2ccccc2)cc1. The molecule has 312 valence electrons. The number of amides is 1. The Kier molecular flexibility index (Phi) is 23.6. The van der Waals surface area contributed by atoms with Gasteiger partial charge in [-0.15, -0.1) is 5.92 Å². The number of aliphatic hydroxyl groups is 1. The number of unbranched alkanes of at least 4 members (excludes halogenated alkanes) is 8. The molecule has 0 heterocycles. The summed E-state index contributed by atoms with van der Waals surface area (Å²) in [7, 11) is 0. The van der Waals surface area contributed by atoms with Crippen LogP contribution in [0.15, 0.2) is 66.7 Å². The first-order chi connectivity index (χ1) is 27.4. The number of nitrogens with one attached hydrogen (secondary N) is 1. The van der Waals surface area contributed by atoms with Crippen molar-refractivity contribution in [3.05, 3.63) is 77.9 Å². The van der Waals surface area contributed by atoms with Crippen LogP contribution in [0.4, 0.5) is 0 Å². The van der Waals surface area contributed by atoms with Crippen molar-refractivity contribution in [1.29, 1.82) is 0 Å². The highest BCUT2D eigenvalue weighted by molar-refractivity contribution is 5.98. The average Bonchev–Trinajstić information content (AvgIpc) is 3.18. The number of aliphatic hydroxyl groups excluding tert-OH is 1. The van der Waals surface area contributed by atoms with Crippen LogP contribution >= 0.6 is 0 Å². The fourth-order valence-corrected chi connectivity index (χ4v) is 6.15. The predicted octanol–water partition coefficient (Wildman–Crippen LogP) is 8.33. The van der Waals surface area contributed by atoms with Crippen molar-refractivity contribution in [3.8, 4) is 17.6 Å². The van der Waals surface area contributed by atoms with Crippen LogP contribution in [0.1, 0.15) is 134 Å². The van der Waals surface area contributed by atoms with E-state index in [4.69, 9.17) is 14.2 Å². The number of ketones is 2. The highest BCUT2D eigenvalue weighted by Gasteiger charge is 2.37. The smallest absolute Gasteiger partial charge is 0.329 e. The molecule has 0 aliphatic heterocycles. The average molecular weight is 788 g/mol. The molecule has 10 heteroatoms. The van der Waals surface area contributed by atoms with Crippen LogP contribution in [0.5, 0.6) is 5.75 Å². The Bertz CT molecular complexity index is 1600. The van der Waals surface area contributed by atoms with Crippen molar-refractivity contribution in [1.82, 2.24) is 5.32 Å². The molecule has 0 aliphatic carbocycles. The Hall–Kier alpha value is -4.75. The lowest BCUT2D eigenvalue weighted by Gasteiger charge is -2.28. The zero-order valence-electron chi connectivity index (χ0n) is 34.8. The second-order valence-electron chi connectivity index (χ2n) is 15.3. The van der Waals surface area contributed by atoms with Crippen LogP contribution in [0.2, 0.25) is 0 Å². The molecule has 3 atom stereocenters. The maximum Gasteiger partial charge on any atom is 0.329 e. The Morgan fingerprint density at radius 1 is 0.842 bits per heavy atom. The van der Waals surface area contributed by atoms with E-state index in [9.17, 15) is 29.1 Å². The standard InChI is InChI=1S/C47H65NO9/c1-6-8-10-13-19-24-38(50)25-20-14-11-12-15-21-26-40(41(31-32-49)45(53)57-47(3,4)5)44(52)48-42(34-36-27-29-39(30-28-36)55-33-9-7-2)46(54)56-35-43(51)37-22-17-16-18-23-37/h16-18,21-23,26-30,40-42,49H,6,8,10-15,19-20,24-25,31-35H2,1-5H3,(H,48,52)/b26-21+/t40-,41+,42-/m0/s1. The first-order valence-electron chi connectivity index (χ1n) is 20.6. The minimum absolute atomic E-state index is 0.0219. The van der Waals surface area contributed by atoms with Gasteiger partial charge in [0.15, 0.2) is 12.4 Å². The molecule has 0 aromatic heterocycles. The molecule has 2 rings (SSSR count). The van der Waals surface area contributed by atoms with Gasteiger partial charge in [0.05, 0.1) is 11.8 Å².